The molecule has 3 aliphatic heterocycles. The van der Waals surface area contributed by atoms with Crippen LogP contribution in [-0.4, -0.2) is 83.1 Å². The standard InChI is InChI=1S/C26H31N3O4/c1-18(30)29-16-24(17-29)33-23-6-7-25-20(12-23)9-11-28(26(25)32)15-22(31)14-27-10-8-19-4-2-3-5-21(19)13-27/h2-7,12,22,24,31H,8-11,13-17H2,1H3/t22-/m1/s1. The van der Waals surface area contributed by atoms with Gasteiger partial charge in [0.25, 0.3) is 5.91 Å². The number of benzene rings is 2. The number of nitrogens with zero attached hydrogens (tertiary/aromatic N) is 3. The van der Waals surface area contributed by atoms with E-state index in [0.717, 1.165) is 37.2 Å². The highest BCUT2D eigenvalue weighted by molar-refractivity contribution is 5.97. The van der Waals surface area contributed by atoms with Crippen molar-refractivity contribution in [2.24, 2.45) is 0 Å². The van der Waals surface area contributed by atoms with Gasteiger partial charge in [0.15, 0.2) is 0 Å². The van der Waals surface area contributed by atoms with Crippen molar-refractivity contribution in [2.45, 2.75) is 38.5 Å². The molecule has 2 aromatic carbocycles. The van der Waals surface area contributed by atoms with Crippen LogP contribution < -0.4 is 4.74 Å². The van der Waals surface area contributed by atoms with Gasteiger partial charge in [-0.15, -0.1) is 0 Å². The van der Waals surface area contributed by atoms with Crippen LogP contribution in [-0.2, 0) is 24.2 Å². The third-order valence-corrected chi connectivity index (χ3v) is 6.95. The summed E-state index contributed by atoms with van der Waals surface area (Å²) >= 11 is 0. The average Bonchev–Trinajstić information content (AvgIpc) is 2.77. The Balaban J connectivity index is 1.15. The maximum absolute atomic E-state index is 13.0. The Morgan fingerprint density at radius 2 is 1.82 bits per heavy atom. The number of aliphatic hydroxyl groups is 1. The van der Waals surface area contributed by atoms with Crippen molar-refractivity contribution in [1.82, 2.24) is 14.7 Å². The van der Waals surface area contributed by atoms with Crippen LogP contribution in [0.5, 0.6) is 5.75 Å². The summed E-state index contributed by atoms with van der Waals surface area (Å²) in [6.45, 7) is 6.07. The second kappa shape index (κ2) is 9.15. The van der Waals surface area contributed by atoms with Gasteiger partial charge in [-0.1, -0.05) is 24.3 Å². The maximum atomic E-state index is 13.0. The largest absolute Gasteiger partial charge is 0.487 e. The highest BCUT2D eigenvalue weighted by atomic mass is 16.5. The van der Waals surface area contributed by atoms with Gasteiger partial charge >= 0.3 is 0 Å². The van der Waals surface area contributed by atoms with Crippen molar-refractivity contribution in [3.8, 4) is 5.75 Å². The monoisotopic (exact) mass is 449 g/mol. The lowest BCUT2D eigenvalue weighted by Crippen LogP contribution is -2.55. The fourth-order valence-electron chi connectivity index (χ4n) is 5.04. The normalized spacial score (nSPS) is 19.5. The number of amides is 2. The Bertz CT molecular complexity index is 1050. The lowest BCUT2D eigenvalue weighted by atomic mass is 9.98. The molecule has 1 N–H and O–H groups in total. The Morgan fingerprint density at radius 1 is 1.06 bits per heavy atom. The number of carbonyl (C=O) groups is 2. The van der Waals surface area contributed by atoms with Gasteiger partial charge in [-0.2, -0.15) is 0 Å². The van der Waals surface area contributed by atoms with Gasteiger partial charge in [-0.3, -0.25) is 14.5 Å². The first-order chi connectivity index (χ1) is 16.0. The third-order valence-electron chi connectivity index (χ3n) is 6.95. The molecule has 1 atom stereocenters. The summed E-state index contributed by atoms with van der Waals surface area (Å²) in [4.78, 5) is 30.2. The van der Waals surface area contributed by atoms with E-state index in [0.29, 0.717) is 38.3 Å². The van der Waals surface area contributed by atoms with Gasteiger partial charge in [0.2, 0.25) is 5.91 Å². The predicted molar refractivity (Wildman–Crippen MR) is 124 cm³/mol. The molecule has 0 aliphatic carbocycles. The summed E-state index contributed by atoms with van der Waals surface area (Å²) in [5.41, 5.74) is 4.39. The highest BCUT2D eigenvalue weighted by Crippen LogP contribution is 2.26. The minimum absolute atomic E-state index is 0.0136. The van der Waals surface area contributed by atoms with Gasteiger partial charge < -0.3 is 19.6 Å². The second-order valence-electron chi connectivity index (χ2n) is 9.39. The van der Waals surface area contributed by atoms with Crippen molar-refractivity contribution in [1.29, 1.82) is 0 Å². The fraction of sp³-hybridized carbons (Fsp3) is 0.462. The first-order valence-corrected chi connectivity index (χ1v) is 11.8. The van der Waals surface area contributed by atoms with Crippen LogP contribution in [0, 0.1) is 0 Å². The highest BCUT2D eigenvalue weighted by Gasteiger charge is 2.31. The molecule has 1 saturated heterocycles. The zero-order valence-corrected chi connectivity index (χ0v) is 19.1. The third kappa shape index (κ3) is 4.75. The Labute approximate surface area is 194 Å². The smallest absolute Gasteiger partial charge is 0.254 e. The zero-order valence-electron chi connectivity index (χ0n) is 19.1. The van der Waals surface area contributed by atoms with E-state index in [1.807, 2.05) is 18.2 Å². The summed E-state index contributed by atoms with van der Waals surface area (Å²) in [5, 5.41) is 10.7. The van der Waals surface area contributed by atoms with Crippen molar-refractivity contribution in [2.75, 3.05) is 39.3 Å². The maximum Gasteiger partial charge on any atom is 0.254 e. The number of ether oxygens (including phenoxy) is 1. The molecule has 3 aliphatic rings. The van der Waals surface area contributed by atoms with Crippen LogP contribution in [0.15, 0.2) is 42.5 Å². The Morgan fingerprint density at radius 3 is 2.61 bits per heavy atom. The van der Waals surface area contributed by atoms with E-state index in [9.17, 15) is 14.7 Å². The van der Waals surface area contributed by atoms with E-state index in [-0.39, 0.29) is 17.9 Å². The summed E-state index contributed by atoms with van der Waals surface area (Å²) in [6, 6.07) is 14.1. The number of hydrogen-bond acceptors (Lipinski definition) is 5. The van der Waals surface area contributed by atoms with Crippen LogP contribution in [0.25, 0.3) is 0 Å². The molecule has 174 valence electrons. The van der Waals surface area contributed by atoms with Crippen LogP contribution >= 0.6 is 0 Å². The minimum atomic E-state index is -0.578. The first-order valence-electron chi connectivity index (χ1n) is 11.8. The van der Waals surface area contributed by atoms with Crippen LogP contribution in [0.3, 0.4) is 0 Å². The lowest BCUT2D eigenvalue weighted by molar-refractivity contribution is -0.137. The van der Waals surface area contributed by atoms with E-state index >= 15 is 0 Å². The fourth-order valence-corrected chi connectivity index (χ4v) is 5.04. The van der Waals surface area contributed by atoms with Crippen LogP contribution in [0.4, 0.5) is 0 Å². The molecule has 2 amide bonds. The molecule has 0 bridgehead atoms. The number of hydrogen-bond donors (Lipinski definition) is 1. The molecule has 0 aromatic heterocycles. The van der Waals surface area contributed by atoms with E-state index in [1.165, 1.54) is 11.1 Å². The summed E-state index contributed by atoms with van der Waals surface area (Å²) in [7, 11) is 0. The summed E-state index contributed by atoms with van der Waals surface area (Å²) < 4.78 is 5.97. The number of β-amino-alcohol motifs (C(OH)–C–C–N with tert-alkyl or cyclic N) is 1. The molecule has 5 rings (SSSR count). The van der Waals surface area contributed by atoms with Gasteiger partial charge in [-0.25, -0.2) is 0 Å². The molecule has 0 spiro atoms. The molecular formula is C26H31N3O4. The molecule has 0 unspecified atom stereocenters. The Kier molecular flexibility index (Phi) is 6.08. The topological polar surface area (TPSA) is 73.3 Å². The van der Waals surface area contributed by atoms with Crippen molar-refractivity contribution in [3.63, 3.8) is 0 Å². The number of rotatable bonds is 6. The minimum Gasteiger partial charge on any atom is -0.487 e. The van der Waals surface area contributed by atoms with E-state index in [4.69, 9.17) is 4.74 Å². The lowest BCUT2D eigenvalue weighted by Gasteiger charge is -2.38. The number of fused-ring (bicyclic) bond motifs is 2. The van der Waals surface area contributed by atoms with E-state index in [1.54, 1.807) is 16.7 Å². The molecule has 7 nitrogen and oxygen atoms in total. The molecule has 0 radical (unpaired) electrons. The molecule has 0 saturated carbocycles. The van der Waals surface area contributed by atoms with Gasteiger partial charge in [0.1, 0.15) is 11.9 Å². The number of likely N-dealkylation sites (tertiary alicyclic amines) is 1. The Hall–Kier alpha value is -2.90. The summed E-state index contributed by atoms with van der Waals surface area (Å²) in [5.74, 6) is 0.782. The molecule has 1 fully saturated rings. The van der Waals surface area contributed by atoms with Crippen molar-refractivity contribution >= 4 is 11.8 Å². The first kappa shape index (κ1) is 21.9. The van der Waals surface area contributed by atoms with Gasteiger partial charge in [0, 0.05) is 45.2 Å². The second-order valence-corrected chi connectivity index (χ2v) is 9.39. The molecule has 2 aromatic rings. The zero-order chi connectivity index (χ0) is 22.9. The predicted octanol–water partition coefficient (Wildman–Crippen LogP) is 1.71. The molecular weight excluding hydrogens is 418 g/mol. The van der Waals surface area contributed by atoms with Gasteiger partial charge in [0.05, 0.1) is 19.2 Å². The average molecular weight is 450 g/mol. The van der Waals surface area contributed by atoms with Gasteiger partial charge in [-0.05, 0) is 47.7 Å². The van der Waals surface area contributed by atoms with Crippen LogP contribution in [0.2, 0.25) is 0 Å². The quantitative estimate of drug-likeness (QED) is 0.727. The van der Waals surface area contributed by atoms with E-state index in [2.05, 4.69) is 29.2 Å². The molecule has 7 heteroatoms. The molecule has 33 heavy (non-hydrogen) atoms. The number of aliphatic hydroxyl groups excluding tert-OH is 1. The van der Waals surface area contributed by atoms with Crippen LogP contribution in [0.1, 0.15) is 34.0 Å². The molecule has 3 heterocycles. The van der Waals surface area contributed by atoms with Crippen molar-refractivity contribution in [3.05, 3.63) is 64.7 Å². The summed E-state index contributed by atoms with van der Waals surface area (Å²) in [6.07, 6.45) is 1.18. The van der Waals surface area contributed by atoms with Crippen molar-refractivity contribution < 1.29 is 19.4 Å². The SMILES string of the molecule is CC(=O)N1CC(Oc2ccc3c(c2)CCN(C[C@H](O)CN2CCc4ccccc4C2)C3=O)C1. The number of carbonyl (C=O) groups excluding carboxylic acids is 2. The van der Waals surface area contributed by atoms with E-state index < -0.39 is 6.10 Å².